The molecule has 0 bridgehead atoms. The number of rotatable bonds is 4. The molecule has 0 spiro atoms. The fraction of sp³-hybridized carbons (Fsp3) is 0.417. The van der Waals surface area contributed by atoms with Gasteiger partial charge in [0, 0.05) is 5.69 Å². The summed E-state index contributed by atoms with van der Waals surface area (Å²) in [6.45, 7) is 6.19. The standard InChI is InChI=1S/C12H17FN2O/c1-4-14-12(2,3)11(16)15-10-7-5-6-9(13)8-10/h5-8,14H,4H2,1-3H3,(H,15,16). The molecule has 1 aromatic rings. The summed E-state index contributed by atoms with van der Waals surface area (Å²) in [7, 11) is 0. The number of likely N-dealkylation sites (N-methyl/N-ethyl adjacent to an activating group) is 1. The number of benzene rings is 1. The number of amides is 1. The number of carbonyl (C=O) groups excluding carboxylic acids is 1. The van der Waals surface area contributed by atoms with E-state index in [-0.39, 0.29) is 11.7 Å². The van der Waals surface area contributed by atoms with Gasteiger partial charge in [-0.3, -0.25) is 4.79 Å². The van der Waals surface area contributed by atoms with E-state index in [1.165, 1.54) is 12.1 Å². The van der Waals surface area contributed by atoms with Crippen molar-refractivity contribution in [2.24, 2.45) is 0 Å². The molecule has 0 heterocycles. The Morgan fingerprint density at radius 3 is 2.69 bits per heavy atom. The van der Waals surface area contributed by atoms with Crippen LogP contribution in [-0.2, 0) is 4.79 Å². The number of hydrogen-bond acceptors (Lipinski definition) is 2. The maximum Gasteiger partial charge on any atom is 0.244 e. The quantitative estimate of drug-likeness (QED) is 0.822. The number of anilines is 1. The number of halogens is 1. The van der Waals surface area contributed by atoms with Crippen LogP contribution in [0.1, 0.15) is 20.8 Å². The van der Waals surface area contributed by atoms with E-state index >= 15 is 0 Å². The van der Waals surface area contributed by atoms with Crippen LogP contribution in [0, 0.1) is 5.82 Å². The smallest absolute Gasteiger partial charge is 0.244 e. The van der Waals surface area contributed by atoms with Crippen LogP contribution in [0.5, 0.6) is 0 Å². The second-order valence-electron chi connectivity index (χ2n) is 4.12. The molecule has 0 saturated carbocycles. The average Bonchev–Trinajstić information content (AvgIpc) is 2.17. The van der Waals surface area contributed by atoms with Crippen LogP contribution in [0.2, 0.25) is 0 Å². The summed E-state index contributed by atoms with van der Waals surface area (Å²) in [5, 5.41) is 5.72. The Morgan fingerprint density at radius 1 is 1.44 bits per heavy atom. The van der Waals surface area contributed by atoms with Gasteiger partial charge in [0.2, 0.25) is 5.91 Å². The van der Waals surface area contributed by atoms with Crippen molar-refractivity contribution in [3.8, 4) is 0 Å². The molecule has 1 aromatic carbocycles. The summed E-state index contributed by atoms with van der Waals surface area (Å²) < 4.78 is 12.9. The van der Waals surface area contributed by atoms with E-state index in [1.54, 1.807) is 26.0 Å². The highest BCUT2D eigenvalue weighted by Gasteiger charge is 2.26. The molecule has 4 heteroatoms. The molecule has 0 aliphatic heterocycles. The van der Waals surface area contributed by atoms with E-state index < -0.39 is 5.54 Å². The SMILES string of the molecule is CCNC(C)(C)C(=O)Nc1cccc(F)c1. The molecule has 1 amide bonds. The Bertz CT molecular complexity index is 377. The maximum absolute atomic E-state index is 12.9. The fourth-order valence-corrected chi connectivity index (χ4v) is 1.38. The van der Waals surface area contributed by atoms with Crippen LogP contribution >= 0.6 is 0 Å². The Labute approximate surface area is 95.0 Å². The summed E-state index contributed by atoms with van der Waals surface area (Å²) in [6, 6.07) is 5.85. The highest BCUT2D eigenvalue weighted by Crippen LogP contribution is 2.12. The summed E-state index contributed by atoms with van der Waals surface area (Å²) in [6.07, 6.45) is 0. The molecule has 88 valence electrons. The molecule has 1 rings (SSSR count). The Balaban J connectivity index is 2.71. The van der Waals surface area contributed by atoms with Crippen molar-refractivity contribution in [1.82, 2.24) is 5.32 Å². The summed E-state index contributed by atoms with van der Waals surface area (Å²) >= 11 is 0. The zero-order chi connectivity index (χ0) is 12.2. The van der Waals surface area contributed by atoms with Crippen LogP contribution in [0.15, 0.2) is 24.3 Å². The Morgan fingerprint density at radius 2 is 2.12 bits per heavy atom. The van der Waals surface area contributed by atoms with E-state index in [1.807, 2.05) is 6.92 Å². The first-order chi connectivity index (χ1) is 7.45. The van der Waals surface area contributed by atoms with Crippen molar-refractivity contribution in [1.29, 1.82) is 0 Å². The largest absolute Gasteiger partial charge is 0.324 e. The monoisotopic (exact) mass is 224 g/mol. The molecule has 0 fully saturated rings. The fourth-order valence-electron chi connectivity index (χ4n) is 1.38. The van der Waals surface area contributed by atoms with Crippen molar-refractivity contribution in [2.75, 3.05) is 11.9 Å². The first-order valence-electron chi connectivity index (χ1n) is 5.28. The van der Waals surface area contributed by atoms with Gasteiger partial charge in [-0.25, -0.2) is 4.39 Å². The van der Waals surface area contributed by atoms with Crippen molar-refractivity contribution >= 4 is 11.6 Å². The molecular formula is C12H17FN2O. The first kappa shape index (κ1) is 12.6. The Hall–Kier alpha value is -1.42. The second kappa shape index (κ2) is 5.07. The number of nitrogens with one attached hydrogen (secondary N) is 2. The third kappa shape index (κ3) is 3.31. The van der Waals surface area contributed by atoms with E-state index in [0.717, 1.165) is 0 Å². The van der Waals surface area contributed by atoms with Gasteiger partial charge in [-0.05, 0) is 38.6 Å². The Kier molecular flexibility index (Phi) is 4.01. The lowest BCUT2D eigenvalue weighted by molar-refractivity contribution is -0.121. The van der Waals surface area contributed by atoms with Crippen LogP contribution in [0.3, 0.4) is 0 Å². The van der Waals surface area contributed by atoms with Crippen molar-refractivity contribution in [2.45, 2.75) is 26.3 Å². The normalized spacial score (nSPS) is 11.2. The molecule has 2 N–H and O–H groups in total. The third-order valence-electron chi connectivity index (χ3n) is 2.27. The zero-order valence-electron chi connectivity index (χ0n) is 9.80. The van der Waals surface area contributed by atoms with Gasteiger partial charge in [0.1, 0.15) is 5.82 Å². The molecule has 0 unspecified atom stereocenters. The lowest BCUT2D eigenvalue weighted by atomic mass is 10.0. The highest BCUT2D eigenvalue weighted by atomic mass is 19.1. The maximum atomic E-state index is 12.9. The van der Waals surface area contributed by atoms with Crippen LogP contribution in [0.4, 0.5) is 10.1 Å². The molecule has 3 nitrogen and oxygen atoms in total. The zero-order valence-corrected chi connectivity index (χ0v) is 9.80. The predicted octanol–water partition coefficient (Wildman–Crippen LogP) is 2.15. The van der Waals surface area contributed by atoms with Gasteiger partial charge in [-0.15, -0.1) is 0 Å². The topological polar surface area (TPSA) is 41.1 Å². The first-order valence-corrected chi connectivity index (χ1v) is 5.28. The molecular weight excluding hydrogens is 207 g/mol. The lowest BCUT2D eigenvalue weighted by Gasteiger charge is -2.24. The van der Waals surface area contributed by atoms with Gasteiger partial charge in [-0.1, -0.05) is 13.0 Å². The van der Waals surface area contributed by atoms with Gasteiger partial charge in [0.15, 0.2) is 0 Å². The average molecular weight is 224 g/mol. The predicted molar refractivity (Wildman–Crippen MR) is 62.8 cm³/mol. The summed E-state index contributed by atoms with van der Waals surface area (Å²) in [5.74, 6) is -0.543. The van der Waals surface area contributed by atoms with E-state index in [2.05, 4.69) is 10.6 Å². The van der Waals surface area contributed by atoms with E-state index in [9.17, 15) is 9.18 Å². The minimum absolute atomic E-state index is 0.181. The molecule has 0 atom stereocenters. The van der Waals surface area contributed by atoms with Crippen LogP contribution in [-0.4, -0.2) is 18.0 Å². The number of carbonyl (C=O) groups is 1. The molecule has 0 radical (unpaired) electrons. The molecule has 0 aliphatic rings. The van der Waals surface area contributed by atoms with Crippen LogP contribution < -0.4 is 10.6 Å². The summed E-state index contributed by atoms with van der Waals surface area (Å²) in [4.78, 5) is 11.8. The van der Waals surface area contributed by atoms with Gasteiger partial charge >= 0.3 is 0 Å². The van der Waals surface area contributed by atoms with Crippen molar-refractivity contribution in [3.63, 3.8) is 0 Å². The lowest BCUT2D eigenvalue weighted by Crippen LogP contribution is -2.49. The second-order valence-corrected chi connectivity index (χ2v) is 4.12. The minimum Gasteiger partial charge on any atom is -0.324 e. The molecule has 0 aromatic heterocycles. The van der Waals surface area contributed by atoms with Crippen molar-refractivity contribution in [3.05, 3.63) is 30.1 Å². The van der Waals surface area contributed by atoms with Gasteiger partial charge in [-0.2, -0.15) is 0 Å². The minimum atomic E-state index is -0.666. The third-order valence-corrected chi connectivity index (χ3v) is 2.27. The summed E-state index contributed by atoms with van der Waals surface area (Å²) in [5.41, 5.74) is -0.197. The van der Waals surface area contributed by atoms with Gasteiger partial charge in [0.05, 0.1) is 5.54 Å². The molecule has 0 saturated heterocycles. The number of hydrogen-bond donors (Lipinski definition) is 2. The van der Waals surface area contributed by atoms with E-state index in [4.69, 9.17) is 0 Å². The van der Waals surface area contributed by atoms with Crippen molar-refractivity contribution < 1.29 is 9.18 Å². The highest BCUT2D eigenvalue weighted by molar-refractivity contribution is 5.97. The molecule has 16 heavy (non-hydrogen) atoms. The van der Waals surface area contributed by atoms with Crippen LogP contribution in [0.25, 0.3) is 0 Å². The van der Waals surface area contributed by atoms with Gasteiger partial charge < -0.3 is 10.6 Å². The van der Waals surface area contributed by atoms with Gasteiger partial charge in [0.25, 0.3) is 0 Å². The van der Waals surface area contributed by atoms with E-state index in [0.29, 0.717) is 12.2 Å². The molecule has 0 aliphatic carbocycles.